The highest BCUT2D eigenvalue weighted by Gasteiger charge is 2.18. The van der Waals surface area contributed by atoms with Gasteiger partial charge < -0.3 is 14.8 Å². The van der Waals surface area contributed by atoms with Crippen LogP contribution in [-0.2, 0) is 0 Å². The quantitative estimate of drug-likeness (QED) is 0.505. The molecule has 0 bridgehead atoms. The molecule has 3 aromatic rings. The molecule has 2 aromatic heterocycles. The zero-order valence-corrected chi connectivity index (χ0v) is 16.0. The topological polar surface area (TPSA) is 82.0 Å². The molecule has 26 heavy (non-hydrogen) atoms. The van der Waals surface area contributed by atoms with E-state index in [1.54, 1.807) is 32.5 Å². The van der Waals surface area contributed by atoms with Crippen molar-refractivity contribution in [3.05, 3.63) is 41.6 Å². The van der Waals surface area contributed by atoms with Gasteiger partial charge in [0.1, 0.15) is 35.0 Å². The lowest BCUT2D eigenvalue weighted by Crippen LogP contribution is -2.03. The highest BCUT2D eigenvalue weighted by Crippen LogP contribution is 2.42. The van der Waals surface area contributed by atoms with E-state index in [4.69, 9.17) is 21.1 Å². The lowest BCUT2D eigenvalue weighted by Gasteiger charge is -2.18. The minimum absolute atomic E-state index is 0.424. The van der Waals surface area contributed by atoms with Gasteiger partial charge in [-0.25, -0.2) is 19.9 Å². The summed E-state index contributed by atoms with van der Waals surface area (Å²) >= 11 is 10.7. The highest BCUT2D eigenvalue weighted by molar-refractivity contribution is 7.80. The monoisotopic (exact) mass is 389 g/mol. The van der Waals surface area contributed by atoms with E-state index in [0.29, 0.717) is 44.3 Å². The van der Waals surface area contributed by atoms with Crippen molar-refractivity contribution in [1.29, 1.82) is 0 Å². The number of nitrogens with zero attached hydrogens (tertiary/aromatic N) is 4. The Hall–Kier alpha value is -2.58. The first-order valence-corrected chi connectivity index (χ1v) is 8.37. The summed E-state index contributed by atoms with van der Waals surface area (Å²) in [5.74, 6) is 1.67. The van der Waals surface area contributed by atoms with E-state index in [9.17, 15) is 0 Å². The Morgan fingerprint density at radius 2 is 1.81 bits per heavy atom. The molecule has 0 saturated heterocycles. The molecule has 1 N–H and O–H groups in total. The third kappa shape index (κ3) is 3.51. The molecule has 134 valence electrons. The highest BCUT2D eigenvalue weighted by atomic mass is 35.5. The molecular formula is C17H16ClN5O2S. The SMILES string of the molecule is COc1cc(OC)c(Cl)c(Nc2ncncc2-c2cc(S)ncn2)c1C. The van der Waals surface area contributed by atoms with Gasteiger partial charge in [0.25, 0.3) is 0 Å². The normalized spacial score (nSPS) is 10.5. The van der Waals surface area contributed by atoms with Gasteiger partial charge in [-0.15, -0.1) is 12.6 Å². The van der Waals surface area contributed by atoms with Crippen LogP contribution >= 0.6 is 24.2 Å². The third-order valence-corrected chi connectivity index (χ3v) is 4.39. The van der Waals surface area contributed by atoms with Crippen LogP contribution in [0.5, 0.6) is 11.5 Å². The average molecular weight is 390 g/mol. The molecule has 0 spiro atoms. The summed E-state index contributed by atoms with van der Waals surface area (Å²) in [6, 6.07) is 3.47. The standard InChI is InChI=1S/C17H16ClN5O2S/c1-9-12(24-2)5-13(25-3)15(18)16(9)23-17-10(6-19-7-22-17)11-4-14(26)21-8-20-11/h4-8H,1-3H3,(H,19,22,23)(H,20,21,26). The largest absolute Gasteiger partial charge is 0.496 e. The zero-order valence-electron chi connectivity index (χ0n) is 14.3. The van der Waals surface area contributed by atoms with Crippen molar-refractivity contribution in [1.82, 2.24) is 19.9 Å². The van der Waals surface area contributed by atoms with Crippen molar-refractivity contribution in [3.63, 3.8) is 0 Å². The van der Waals surface area contributed by atoms with Crippen molar-refractivity contribution in [2.75, 3.05) is 19.5 Å². The number of anilines is 2. The first kappa shape index (κ1) is 18.2. The van der Waals surface area contributed by atoms with Gasteiger partial charge in [-0.05, 0) is 13.0 Å². The molecule has 0 saturated carbocycles. The van der Waals surface area contributed by atoms with Crippen molar-refractivity contribution in [2.45, 2.75) is 11.9 Å². The van der Waals surface area contributed by atoms with E-state index < -0.39 is 0 Å². The second-order valence-electron chi connectivity index (χ2n) is 5.27. The molecule has 3 rings (SSSR count). The van der Waals surface area contributed by atoms with E-state index in [2.05, 4.69) is 37.9 Å². The van der Waals surface area contributed by atoms with Gasteiger partial charge in [0.05, 0.1) is 36.2 Å². The molecule has 0 aliphatic rings. The maximum Gasteiger partial charge on any atom is 0.143 e. The van der Waals surface area contributed by atoms with Crippen LogP contribution in [0.15, 0.2) is 36.0 Å². The predicted octanol–water partition coefficient (Wildman–Crippen LogP) is 3.94. The van der Waals surface area contributed by atoms with Crippen LogP contribution in [0, 0.1) is 6.92 Å². The zero-order chi connectivity index (χ0) is 18.7. The maximum atomic E-state index is 6.49. The summed E-state index contributed by atoms with van der Waals surface area (Å²) < 4.78 is 10.7. The number of halogens is 1. The molecule has 7 nitrogen and oxygen atoms in total. The number of aromatic nitrogens is 4. The summed E-state index contributed by atoms with van der Waals surface area (Å²) in [7, 11) is 3.13. The molecular weight excluding hydrogens is 374 g/mol. The van der Waals surface area contributed by atoms with Gasteiger partial charge in [-0.1, -0.05) is 11.6 Å². The molecule has 0 fully saturated rings. The smallest absolute Gasteiger partial charge is 0.143 e. The average Bonchev–Trinajstić information content (AvgIpc) is 2.66. The predicted molar refractivity (Wildman–Crippen MR) is 103 cm³/mol. The maximum absolute atomic E-state index is 6.49. The fraction of sp³-hybridized carbons (Fsp3) is 0.176. The number of hydrogen-bond donors (Lipinski definition) is 2. The molecule has 0 amide bonds. The minimum atomic E-state index is 0.424. The summed E-state index contributed by atoms with van der Waals surface area (Å²) in [5, 5.41) is 4.22. The Bertz CT molecular complexity index is 926. The molecule has 0 atom stereocenters. The molecule has 0 radical (unpaired) electrons. The van der Waals surface area contributed by atoms with E-state index in [1.807, 2.05) is 6.92 Å². The summed E-state index contributed by atoms with van der Waals surface area (Å²) in [6.45, 7) is 1.89. The van der Waals surface area contributed by atoms with Gasteiger partial charge in [-0.3, -0.25) is 0 Å². The van der Waals surface area contributed by atoms with E-state index >= 15 is 0 Å². The molecule has 2 heterocycles. The second-order valence-corrected chi connectivity index (χ2v) is 6.10. The van der Waals surface area contributed by atoms with E-state index in [1.165, 1.54) is 12.7 Å². The van der Waals surface area contributed by atoms with Gasteiger partial charge in [0.15, 0.2) is 0 Å². The lowest BCUT2D eigenvalue weighted by atomic mass is 10.1. The number of methoxy groups -OCH3 is 2. The van der Waals surface area contributed by atoms with Gasteiger partial charge in [0.2, 0.25) is 0 Å². The fourth-order valence-electron chi connectivity index (χ4n) is 2.44. The Morgan fingerprint density at radius 3 is 2.50 bits per heavy atom. The van der Waals surface area contributed by atoms with Crippen LogP contribution in [-0.4, -0.2) is 34.2 Å². The van der Waals surface area contributed by atoms with Crippen LogP contribution in [0.4, 0.5) is 11.5 Å². The number of hydrogen-bond acceptors (Lipinski definition) is 8. The summed E-state index contributed by atoms with van der Waals surface area (Å²) in [5.41, 5.74) is 2.77. The molecule has 0 unspecified atom stereocenters. The van der Waals surface area contributed by atoms with E-state index in [-0.39, 0.29) is 0 Å². The van der Waals surface area contributed by atoms with Crippen LogP contribution in [0.1, 0.15) is 5.56 Å². The Labute approximate surface area is 161 Å². The van der Waals surface area contributed by atoms with E-state index in [0.717, 1.165) is 5.56 Å². The third-order valence-electron chi connectivity index (χ3n) is 3.77. The molecule has 0 aliphatic heterocycles. The Kier molecular flexibility index (Phi) is 5.43. The van der Waals surface area contributed by atoms with Gasteiger partial charge >= 0.3 is 0 Å². The van der Waals surface area contributed by atoms with Crippen LogP contribution < -0.4 is 14.8 Å². The number of nitrogens with one attached hydrogen (secondary N) is 1. The molecule has 1 aromatic carbocycles. The van der Waals surface area contributed by atoms with Crippen molar-refractivity contribution >= 4 is 35.7 Å². The van der Waals surface area contributed by atoms with Gasteiger partial charge in [-0.2, -0.15) is 0 Å². The Balaban J connectivity index is 2.11. The number of rotatable bonds is 5. The fourth-order valence-corrected chi connectivity index (χ4v) is 2.93. The number of benzene rings is 1. The van der Waals surface area contributed by atoms with Crippen molar-refractivity contribution < 1.29 is 9.47 Å². The van der Waals surface area contributed by atoms with Crippen LogP contribution in [0.25, 0.3) is 11.3 Å². The van der Waals surface area contributed by atoms with Crippen LogP contribution in [0.2, 0.25) is 5.02 Å². The Morgan fingerprint density at radius 1 is 1.04 bits per heavy atom. The number of ether oxygens (including phenoxy) is 2. The lowest BCUT2D eigenvalue weighted by molar-refractivity contribution is 0.393. The van der Waals surface area contributed by atoms with Gasteiger partial charge in [0, 0.05) is 17.8 Å². The summed E-state index contributed by atoms with van der Waals surface area (Å²) in [6.07, 6.45) is 4.53. The second kappa shape index (κ2) is 7.76. The molecule has 9 heteroatoms. The van der Waals surface area contributed by atoms with Crippen molar-refractivity contribution in [2.24, 2.45) is 0 Å². The minimum Gasteiger partial charge on any atom is -0.496 e. The molecule has 0 aliphatic carbocycles. The number of thiol groups is 1. The summed E-state index contributed by atoms with van der Waals surface area (Å²) in [4.78, 5) is 16.7. The first-order chi connectivity index (χ1) is 12.5. The first-order valence-electron chi connectivity index (χ1n) is 7.54. The van der Waals surface area contributed by atoms with Crippen LogP contribution in [0.3, 0.4) is 0 Å². The van der Waals surface area contributed by atoms with Crippen molar-refractivity contribution in [3.8, 4) is 22.8 Å².